The molecule has 1 heterocycles. The molecule has 1 saturated carbocycles. The van der Waals surface area contributed by atoms with Crippen LogP contribution in [0.1, 0.15) is 47.9 Å². The van der Waals surface area contributed by atoms with Gasteiger partial charge in [0.1, 0.15) is 29.4 Å². The van der Waals surface area contributed by atoms with Gasteiger partial charge >= 0.3 is 6.03 Å². The Hall–Kier alpha value is -4.44. The monoisotopic (exact) mass is 561 g/mol. The lowest BCUT2D eigenvalue weighted by molar-refractivity contribution is -0.134. The standard InChI is InChI=1S/C31H32FN3O6/c1-40-23-10-3-19(4-11-23)17-27(29(37)33-26-14-9-22(18-25(26)32)20-5-6-20)35-30(38)28(34-31(35)39)21-7-12-24(13-8-21)41-16-2-15-36/h3-4,7-14,18,20,27-28,36H,2,5-6,15-17H2,1H3,(H,33,37)(H,34,39)/t27?,28-/m1/s1. The highest BCUT2D eigenvalue weighted by molar-refractivity contribution is 6.09. The fraction of sp³-hybridized carbons (Fsp3) is 0.323. The minimum absolute atomic E-state index is 0.0141. The number of nitrogens with zero attached hydrogens (tertiary/aromatic N) is 1. The number of amides is 4. The molecule has 0 aromatic heterocycles. The van der Waals surface area contributed by atoms with Crippen LogP contribution >= 0.6 is 0 Å². The van der Waals surface area contributed by atoms with Crippen molar-refractivity contribution in [3.05, 3.63) is 89.2 Å². The number of urea groups is 1. The lowest BCUT2D eigenvalue weighted by Crippen LogP contribution is -2.49. The molecular formula is C31H32FN3O6. The molecule has 1 aliphatic heterocycles. The average Bonchev–Trinajstić information content (AvgIpc) is 3.79. The van der Waals surface area contributed by atoms with Crippen molar-refractivity contribution in [1.29, 1.82) is 0 Å². The molecule has 0 bridgehead atoms. The summed E-state index contributed by atoms with van der Waals surface area (Å²) in [6.45, 7) is 0.356. The molecule has 2 aliphatic rings. The number of carbonyl (C=O) groups excluding carboxylic acids is 3. The fourth-order valence-electron chi connectivity index (χ4n) is 4.83. The first-order valence-electron chi connectivity index (χ1n) is 13.6. The van der Waals surface area contributed by atoms with E-state index in [1.807, 2.05) is 0 Å². The smallest absolute Gasteiger partial charge is 0.325 e. The zero-order chi connectivity index (χ0) is 28.9. The van der Waals surface area contributed by atoms with Crippen LogP contribution in [0, 0.1) is 5.82 Å². The summed E-state index contributed by atoms with van der Waals surface area (Å²) in [7, 11) is 1.54. The van der Waals surface area contributed by atoms with Crippen LogP contribution in [0.4, 0.5) is 14.9 Å². The van der Waals surface area contributed by atoms with Gasteiger partial charge in [0.05, 0.1) is 19.4 Å². The third kappa shape index (κ3) is 6.49. The van der Waals surface area contributed by atoms with Crippen molar-refractivity contribution in [3.8, 4) is 11.5 Å². The number of anilines is 1. The van der Waals surface area contributed by atoms with Crippen LogP contribution in [0.25, 0.3) is 0 Å². The molecule has 1 unspecified atom stereocenters. The third-order valence-corrected chi connectivity index (χ3v) is 7.26. The van der Waals surface area contributed by atoms with E-state index in [1.165, 1.54) is 19.2 Å². The highest BCUT2D eigenvalue weighted by atomic mass is 19.1. The van der Waals surface area contributed by atoms with E-state index >= 15 is 0 Å². The molecule has 3 aromatic carbocycles. The molecule has 214 valence electrons. The lowest BCUT2D eigenvalue weighted by atomic mass is 10.0. The quantitative estimate of drug-likeness (QED) is 0.224. The van der Waals surface area contributed by atoms with Crippen molar-refractivity contribution in [2.24, 2.45) is 0 Å². The average molecular weight is 562 g/mol. The highest BCUT2D eigenvalue weighted by Gasteiger charge is 2.45. The van der Waals surface area contributed by atoms with Gasteiger partial charge in [-0.1, -0.05) is 30.3 Å². The summed E-state index contributed by atoms with van der Waals surface area (Å²) in [6, 6.07) is 15.4. The molecule has 2 fully saturated rings. The Bertz CT molecular complexity index is 1410. The van der Waals surface area contributed by atoms with Crippen LogP contribution < -0.4 is 20.1 Å². The van der Waals surface area contributed by atoms with E-state index in [1.54, 1.807) is 54.6 Å². The van der Waals surface area contributed by atoms with Crippen molar-refractivity contribution >= 4 is 23.5 Å². The van der Waals surface area contributed by atoms with Crippen LogP contribution in [0.3, 0.4) is 0 Å². The molecule has 3 N–H and O–H groups in total. The number of halogens is 1. The minimum atomic E-state index is -1.25. The van der Waals surface area contributed by atoms with Crippen molar-refractivity contribution in [1.82, 2.24) is 10.2 Å². The van der Waals surface area contributed by atoms with Crippen LogP contribution in [-0.4, -0.2) is 54.2 Å². The van der Waals surface area contributed by atoms with E-state index < -0.39 is 35.7 Å². The molecule has 5 rings (SSSR count). The molecule has 10 heteroatoms. The Morgan fingerprint density at radius 3 is 2.37 bits per heavy atom. The Morgan fingerprint density at radius 2 is 1.73 bits per heavy atom. The highest BCUT2D eigenvalue weighted by Crippen LogP contribution is 2.40. The molecule has 9 nitrogen and oxygen atoms in total. The summed E-state index contributed by atoms with van der Waals surface area (Å²) < 4.78 is 25.7. The maximum Gasteiger partial charge on any atom is 0.325 e. The second kappa shape index (κ2) is 12.4. The number of imide groups is 1. The number of ether oxygens (including phenoxy) is 2. The number of methoxy groups -OCH3 is 1. The van der Waals surface area contributed by atoms with Gasteiger partial charge in [-0.05, 0) is 71.8 Å². The Labute approximate surface area is 237 Å². The van der Waals surface area contributed by atoms with Gasteiger partial charge in [0.2, 0.25) is 5.91 Å². The van der Waals surface area contributed by atoms with Gasteiger partial charge < -0.3 is 25.2 Å². The summed E-state index contributed by atoms with van der Waals surface area (Å²) in [5.41, 5.74) is 2.08. The van der Waals surface area contributed by atoms with Gasteiger partial charge in [-0.25, -0.2) is 14.1 Å². The van der Waals surface area contributed by atoms with E-state index in [0.29, 0.717) is 41.6 Å². The van der Waals surface area contributed by atoms with Crippen molar-refractivity contribution in [2.75, 3.05) is 25.6 Å². The fourth-order valence-corrected chi connectivity index (χ4v) is 4.83. The number of benzene rings is 3. The number of aliphatic hydroxyl groups is 1. The first kappa shape index (κ1) is 28.1. The van der Waals surface area contributed by atoms with Crippen LogP contribution in [0.15, 0.2) is 66.7 Å². The zero-order valence-corrected chi connectivity index (χ0v) is 22.6. The molecular weight excluding hydrogens is 529 g/mol. The second-order valence-electron chi connectivity index (χ2n) is 10.2. The molecule has 3 aromatic rings. The van der Waals surface area contributed by atoms with Gasteiger partial charge in [0.15, 0.2) is 0 Å². The summed E-state index contributed by atoms with van der Waals surface area (Å²) in [6.07, 6.45) is 2.53. The van der Waals surface area contributed by atoms with Gasteiger partial charge in [-0.3, -0.25) is 9.59 Å². The van der Waals surface area contributed by atoms with E-state index in [-0.39, 0.29) is 18.7 Å². The number of hydrogen-bond acceptors (Lipinski definition) is 6. The lowest BCUT2D eigenvalue weighted by Gasteiger charge is -2.25. The van der Waals surface area contributed by atoms with Crippen molar-refractivity contribution in [2.45, 2.75) is 43.7 Å². The second-order valence-corrected chi connectivity index (χ2v) is 10.2. The molecule has 1 aliphatic carbocycles. The van der Waals surface area contributed by atoms with Gasteiger partial charge in [-0.15, -0.1) is 0 Å². The molecule has 0 radical (unpaired) electrons. The number of hydrogen-bond donors (Lipinski definition) is 3. The minimum Gasteiger partial charge on any atom is -0.497 e. The number of nitrogens with one attached hydrogen (secondary N) is 2. The van der Waals surface area contributed by atoms with E-state index in [2.05, 4.69) is 10.6 Å². The summed E-state index contributed by atoms with van der Waals surface area (Å²) >= 11 is 0. The van der Waals surface area contributed by atoms with Gasteiger partial charge in [0.25, 0.3) is 5.91 Å². The normalized spacial score (nSPS) is 17.2. The first-order chi connectivity index (χ1) is 19.9. The maximum atomic E-state index is 14.9. The number of rotatable bonds is 12. The van der Waals surface area contributed by atoms with Crippen molar-refractivity contribution in [3.63, 3.8) is 0 Å². The van der Waals surface area contributed by atoms with Gasteiger partial charge in [0, 0.05) is 19.4 Å². The van der Waals surface area contributed by atoms with E-state index in [9.17, 15) is 18.8 Å². The Morgan fingerprint density at radius 1 is 1.05 bits per heavy atom. The number of aliphatic hydroxyl groups excluding tert-OH is 1. The van der Waals surface area contributed by atoms with E-state index in [0.717, 1.165) is 23.3 Å². The molecule has 2 atom stereocenters. The van der Waals surface area contributed by atoms with Gasteiger partial charge in [-0.2, -0.15) is 0 Å². The molecule has 0 spiro atoms. The number of carbonyl (C=O) groups is 3. The maximum absolute atomic E-state index is 14.9. The Kier molecular flexibility index (Phi) is 8.49. The predicted octanol–water partition coefficient (Wildman–Crippen LogP) is 4.32. The summed E-state index contributed by atoms with van der Waals surface area (Å²) in [4.78, 5) is 41.3. The molecule has 41 heavy (non-hydrogen) atoms. The van der Waals surface area contributed by atoms with E-state index in [4.69, 9.17) is 14.6 Å². The topological polar surface area (TPSA) is 117 Å². The SMILES string of the molecule is COc1ccc(CC(C(=O)Nc2ccc(C3CC3)cc2F)N2C(=O)N[C@H](c3ccc(OCCCO)cc3)C2=O)cc1. The van der Waals surface area contributed by atoms with Crippen LogP contribution in [0.5, 0.6) is 11.5 Å². The first-order valence-corrected chi connectivity index (χ1v) is 13.6. The van der Waals surface area contributed by atoms with Crippen LogP contribution in [-0.2, 0) is 16.0 Å². The van der Waals surface area contributed by atoms with Crippen LogP contribution in [0.2, 0.25) is 0 Å². The Balaban J connectivity index is 1.38. The van der Waals surface area contributed by atoms with Crippen molar-refractivity contribution < 1.29 is 33.4 Å². The predicted molar refractivity (Wildman–Crippen MR) is 149 cm³/mol. The largest absolute Gasteiger partial charge is 0.497 e. The molecule has 1 saturated heterocycles. The zero-order valence-electron chi connectivity index (χ0n) is 22.6. The summed E-state index contributed by atoms with van der Waals surface area (Å²) in [5.74, 6) is -0.324. The summed E-state index contributed by atoms with van der Waals surface area (Å²) in [5, 5.41) is 14.2. The molecule has 4 amide bonds. The third-order valence-electron chi connectivity index (χ3n) is 7.26.